The molecule has 1 heterocycles. The summed E-state index contributed by atoms with van der Waals surface area (Å²) >= 11 is 5.23. The summed E-state index contributed by atoms with van der Waals surface area (Å²) in [6.45, 7) is 9.13. The molecule has 0 bridgehead atoms. The van der Waals surface area contributed by atoms with Gasteiger partial charge in [0.25, 0.3) is 0 Å². The van der Waals surface area contributed by atoms with Crippen molar-refractivity contribution in [1.29, 1.82) is 0 Å². The fraction of sp³-hybridized carbons (Fsp3) is 0.267. The fourth-order valence-corrected chi connectivity index (χ4v) is 2.54. The lowest BCUT2D eigenvalue weighted by atomic mass is 10.0. The number of nitrogens with zero attached hydrogens (tertiary/aromatic N) is 1. The Morgan fingerprint density at radius 2 is 1.95 bits per heavy atom. The topological polar surface area (TPSA) is 47.7 Å². The van der Waals surface area contributed by atoms with E-state index in [1.54, 1.807) is 0 Å². The van der Waals surface area contributed by atoms with Crippen molar-refractivity contribution < 1.29 is 9.47 Å². The molecule has 5 heteroatoms. The van der Waals surface area contributed by atoms with Gasteiger partial charge in [-0.3, -0.25) is 4.90 Å². The summed E-state index contributed by atoms with van der Waals surface area (Å²) in [7, 11) is 0. The van der Waals surface area contributed by atoms with Crippen molar-refractivity contribution in [1.82, 2.24) is 4.90 Å². The third kappa shape index (κ3) is 3.00. The molecule has 0 spiro atoms. The zero-order valence-electron chi connectivity index (χ0n) is 11.2. The highest BCUT2D eigenvalue weighted by molar-refractivity contribution is 7.80. The predicted octanol–water partition coefficient (Wildman–Crippen LogP) is 2.42. The number of nitrogens with two attached hydrogens (primary N) is 1. The third-order valence-corrected chi connectivity index (χ3v) is 3.30. The summed E-state index contributed by atoms with van der Waals surface area (Å²) in [6.07, 6.45) is 3.64. The van der Waals surface area contributed by atoms with Gasteiger partial charge in [-0.05, 0) is 17.7 Å². The first-order chi connectivity index (χ1) is 9.67. The van der Waals surface area contributed by atoms with Crippen molar-refractivity contribution in [3.63, 3.8) is 0 Å². The first kappa shape index (κ1) is 14.6. The lowest BCUT2D eigenvalue weighted by Crippen LogP contribution is -2.37. The first-order valence-electron chi connectivity index (χ1n) is 6.32. The molecular formula is C15H18N2O2S. The summed E-state index contributed by atoms with van der Waals surface area (Å²) in [5.74, 6) is 1.47. The van der Waals surface area contributed by atoms with Gasteiger partial charge < -0.3 is 15.2 Å². The second-order valence-corrected chi connectivity index (χ2v) is 4.92. The van der Waals surface area contributed by atoms with Crippen molar-refractivity contribution in [2.24, 2.45) is 5.73 Å². The van der Waals surface area contributed by atoms with E-state index in [9.17, 15) is 0 Å². The quantitative estimate of drug-likeness (QED) is 0.617. The summed E-state index contributed by atoms with van der Waals surface area (Å²) in [5, 5.41) is 0. The second-order valence-electron chi connectivity index (χ2n) is 4.45. The number of hydrogen-bond donors (Lipinski definition) is 1. The van der Waals surface area contributed by atoms with E-state index in [0.29, 0.717) is 18.1 Å². The van der Waals surface area contributed by atoms with E-state index in [0.717, 1.165) is 17.1 Å². The maximum Gasteiger partial charge on any atom is 0.231 e. The Labute approximate surface area is 124 Å². The highest BCUT2D eigenvalue weighted by Crippen LogP contribution is 2.35. The number of benzene rings is 1. The number of ether oxygens (including phenoxy) is 2. The van der Waals surface area contributed by atoms with Crippen LogP contribution in [0.15, 0.2) is 43.5 Å². The van der Waals surface area contributed by atoms with E-state index in [2.05, 4.69) is 18.1 Å². The lowest BCUT2D eigenvalue weighted by Gasteiger charge is -2.29. The average molecular weight is 290 g/mol. The Balaban J connectivity index is 2.34. The van der Waals surface area contributed by atoms with Crippen molar-refractivity contribution in [2.45, 2.75) is 6.04 Å². The molecule has 1 unspecified atom stereocenters. The number of fused-ring (bicyclic) bond motifs is 1. The standard InChI is InChI=1S/C15H18N2O2S/c1-3-7-17(8-4-2)14(15(16)20)11-5-6-12-13(9-11)19-10-18-12/h3-6,9,14H,1-2,7-8,10H2,(H2,16,20). The van der Waals surface area contributed by atoms with Crippen LogP contribution in [0.1, 0.15) is 11.6 Å². The van der Waals surface area contributed by atoms with Gasteiger partial charge >= 0.3 is 0 Å². The molecule has 20 heavy (non-hydrogen) atoms. The fourth-order valence-electron chi connectivity index (χ4n) is 2.26. The molecule has 106 valence electrons. The summed E-state index contributed by atoms with van der Waals surface area (Å²) in [6, 6.07) is 5.57. The van der Waals surface area contributed by atoms with Gasteiger partial charge in [-0.25, -0.2) is 0 Å². The minimum absolute atomic E-state index is 0.185. The van der Waals surface area contributed by atoms with E-state index in [-0.39, 0.29) is 12.8 Å². The van der Waals surface area contributed by atoms with E-state index in [4.69, 9.17) is 27.4 Å². The molecule has 4 nitrogen and oxygen atoms in total. The molecule has 0 saturated carbocycles. The highest BCUT2D eigenvalue weighted by atomic mass is 32.1. The molecule has 0 aliphatic carbocycles. The maximum absolute atomic E-state index is 5.92. The molecular weight excluding hydrogens is 272 g/mol. The Morgan fingerprint density at radius 1 is 1.30 bits per heavy atom. The van der Waals surface area contributed by atoms with Crippen LogP contribution in [0.2, 0.25) is 0 Å². The molecule has 0 radical (unpaired) electrons. The largest absolute Gasteiger partial charge is 0.454 e. The van der Waals surface area contributed by atoms with Crippen LogP contribution < -0.4 is 15.2 Å². The Bertz CT molecular complexity index is 521. The molecule has 2 N–H and O–H groups in total. The third-order valence-electron chi connectivity index (χ3n) is 3.07. The smallest absolute Gasteiger partial charge is 0.231 e. The van der Waals surface area contributed by atoms with Crippen LogP contribution in [0.3, 0.4) is 0 Å². The monoisotopic (exact) mass is 290 g/mol. The Hall–Kier alpha value is -1.85. The van der Waals surface area contributed by atoms with Crippen molar-refractivity contribution in [3.05, 3.63) is 49.1 Å². The summed E-state index contributed by atoms with van der Waals surface area (Å²) in [4.78, 5) is 2.51. The maximum atomic E-state index is 5.92. The van der Waals surface area contributed by atoms with Crippen LogP contribution in [0.25, 0.3) is 0 Å². The molecule has 1 aliphatic heterocycles. The van der Waals surface area contributed by atoms with Crippen molar-refractivity contribution in [2.75, 3.05) is 19.9 Å². The van der Waals surface area contributed by atoms with Gasteiger partial charge in [0.15, 0.2) is 11.5 Å². The van der Waals surface area contributed by atoms with Crippen LogP contribution in [-0.2, 0) is 0 Å². The molecule has 2 rings (SSSR count). The molecule has 1 aromatic carbocycles. The Morgan fingerprint density at radius 3 is 2.55 bits per heavy atom. The zero-order valence-corrected chi connectivity index (χ0v) is 12.1. The predicted molar refractivity (Wildman–Crippen MR) is 84.1 cm³/mol. The average Bonchev–Trinajstić information content (AvgIpc) is 2.86. The SMILES string of the molecule is C=CCN(CC=C)C(C(N)=S)c1ccc2c(c1)OCO2. The normalized spacial score (nSPS) is 14.1. The van der Waals surface area contributed by atoms with Gasteiger partial charge in [-0.2, -0.15) is 0 Å². The highest BCUT2D eigenvalue weighted by Gasteiger charge is 2.24. The molecule has 1 aromatic rings. The number of rotatable bonds is 7. The first-order valence-corrected chi connectivity index (χ1v) is 6.73. The van der Waals surface area contributed by atoms with Gasteiger partial charge in [0, 0.05) is 13.1 Å². The second kappa shape index (κ2) is 6.54. The van der Waals surface area contributed by atoms with Crippen LogP contribution in [0.4, 0.5) is 0 Å². The van der Waals surface area contributed by atoms with E-state index >= 15 is 0 Å². The van der Waals surface area contributed by atoms with Gasteiger partial charge in [0.05, 0.1) is 11.0 Å². The van der Waals surface area contributed by atoms with Gasteiger partial charge in [0.1, 0.15) is 0 Å². The summed E-state index contributed by atoms with van der Waals surface area (Å²) < 4.78 is 10.7. The van der Waals surface area contributed by atoms with Crippen LogP contribution in [0.5, 0.6) is 11.5 Å². The van der Waals surface area contributed by atoms with Crippen molar-refractivity contribution in [3.8, 4) is 11.5 Å². The van der Waals surface area contributed by atoms with Crippen LogP contribution in [-0.4, -0.2) is 29.8 Å². The van der Waals surface area contributed by atoms with Gasteiger partial charge in [-0.15, -0.1) is 13.2 Å². The van der Waals surface area contributed by atoms with Crippen molar-refractivity contribution >= 4 is 17.2 Å². The van der Waals surface area contributed by atoms with Gasteiger partial charge in [0.2, 0.25) is 6.79 Å². The molecule has 0 saturated heterocycles. The van der Waals surface area contributed by atoms with Gasteiger partial charge in [-0.1, -0.05) is 30.4 Å². The number of hydrogen-bond acceptors (Lipinski definition) is 4. The Kier molecular flexibility index (Phi) is 4.76. The van der Waals surface area contributed by atoms with E-state index < -0.39 is 0 Å². The number of thiocarbonyl (C=S) groups is 1. The zero-order chi connectivity index (χ0) is 14.5. The molecule has 0 aromatic heterocycles. The van der Waals surface area contributed by atoms with Crippen LogP contribution in [0, 0.1) is 0 Å². The van der Waals surface area contributed by atoms with E-state index in [1.165, 1.54) is 0 Å². The minimum Gasteiger partial charge on any atom is -0.454 e. The molecule has 0 amide bonds. The summed E-state index contributed by atoms with van der Waals surface area (Å²) in [5.41, 5.74) is 6.90. The van der Waals surface area contributed by atoms with Crippen LogP contribution >= 0.6 is 12.2 Å². The minimum atomic E-state index is -0.185. The molecule has 0 fully saturated rings. The molecule has 1 aliphatic rings. The lowest BCUT2D eigenvalue weighted by molar-refractivity contribution is 0.174. The molecule has 1 atom stereocenters. The van der Waals surface area contributed by atoms with E-state index in [1.807, 2.05) is 30.4 Å².